The molecule has 26 heavy (non-hydrogen) atoms. The van der Waals surface area contributed by atoms with Gasteiger partial charge in [-0.25, -0.2) is 0 Å². The van der Waals surface area contributed by atoms with E-state index in [0.717, 1.165) is 17.7 Å². The number of hydrogen-bond acceptors (Lipinski definition) is 2. The van der Waals surface area contributed by atoms with Crippen LogP contribution in [0, 0.1) is 5.92 Å². The normalized spacial score (nSPS) is 25.1. The second kappa shape index (κ2) is 8.73. The third kappa shape index (κ3) is 4.67. The maximum Gasteiger partial charge on any atom is 0.119 e. The molecule has 0 radical (unpaired) electrons. The van der Waals surface area contributed by atoms with Gasteiger partial charge in [-0.3, -0.25) is 0 Å². The fourth-order valence-corrected chi connectivity index (χ4v) is 4.72. The molecule has 2 aromatic rings. The lowest BCUT2D eigenvalue weighted by Gasteiger charge is -2.41. The van der Waals surface area contributed by atoms with Gasteiger partial charge in [0.1, 0.15) is 11.9 Å². The zero-order chi connectivity index (χ0) is 17.6. The number of hydrogen-bond donors (Lipinski definition) is 0. The summed E-state index contributed by atoms with van der Waals surface area (Å²) in [6, 6.07) is 22.1. The van der Waals surface area contributed by atoms with Crippen molar-refractivity contribution in [1.29, 1.82) is 0 Å². The standard InChI is InChI=1S/C24H31NO/c1-3-8-20(9-4-1)18-21-14-16-25(17-15-21)22-10-7-13-24(19-22)26-23-11-5-2-6-12-23/h1-6,8-9,11-12,21-22,24H,7,10,13-19H2. The van der Waals surface area contributed by atoms with Crippen LogP contribution in [0.3, 0.4) is 0 Å². The molecule has 2 heteroatoms. The van der Waals surface area contributed by atoms with Crippen molar-refractivity contribution in [1.82, 2.24) is 4.90 Å². The summed E-state index contributed by atoms with van der Waals surface area (Å²) in [5.74, 6) is 1.88. The van der Waals surface area contributed by atoms with Gasteiger partial charge in [0.25, 0.3) is 0 Å². The van der Waals surface area contributed by atoms with E-state index < -0.39 is 0 Å². The Hall–Kier alpha value is -1.80. The van der Waals surface area contributed by atoms with Crippen LogP contribution in [0.25, 0.3) is 0 Å². The van der Waals surface area contributed by atoms with Crippen LogP contribution in [-0.4, -0.2) is 30.1 Å². The Morgan fingerprint density at radius 2 is 1.50 bits per heavy atom. The summed E-state index contributed by atoms with van der Waals surface area (Å²) in [6.07, 6.45) is 9.36. The lowest BCUT2D eigenvalue weighted by atomic mass is 9.86. The van der Waals surface area contributed by atoms with Crippen molar-refractivity contribution < 1.29 is 4.74 Å². The van der Waals surface area contributed by atoms with E-state index in [-0.39, 0.29) is 0 Å². The van der Waals surface area contributed by atoms with Crippen LogP contribution >= 0.6 is 0 Å². The Kier molecular flexibility index (Phi) is 5.91. The molecule has 1 aliphatic heterocycles. The molecule has 2 aliphatic rings. The van der Waals surface area contributed by atoms with Gasteiger partial charge >= 0.3 is 0 Å². The third-order valence-corrected chi connectivity index (χ3v) is 6.18. The van der Waals surface area contributed by atoms with Crippen LogP contribution in [0.15, 0.2) is 60.7 Å². The van der Waals surface area contributed by atoms with Crippen LogP contribution in [0.1, 0.15) is 44.1 Å². The summed E-state index contributed by atoms with van der Waals surface area (Å²) in [7, 11) is 0. The van der Waals surface area contributed by atoms with Gasteiger partial charge in [-0.15, -0.1) is 0 Å². The molecule has 0 bridgehead atoms. The van der Waals surface area contributed by atoms with Gasteiger partial charge in [0, 0.05) is 6.04 Å². The minimum Gasteiger partial charge on any atom is -0.490 e. The molecule has 4 rings (SSSR count). The van der Waals surface area contributed by atoms with Crippen molar-refractivity contribution in [2.24, 2.45) is 5.92 Å². The summed E-state index contributed by atoms with van der Waals surface area (Å²) in [5.41, 5.74) is 1.50. The maximum absolute atomic E-state index is 6.25. The van der Waals surface area contributed by atoms with E-state index in [1.165, 1.54) is 63.6 Å². The molecule has 2 aromatic carbocycles. The van der Waals surface area contributed by atoms with Gasteiger partial charge in [-0.05, 0) is 81.6 Å². The third-order valence-electron chi connectivity index (χ3n) is 6.18. The Morgan fingerprint density at radius 1 is 0.808 bits per heavy atom. The fraction of sp³-hybridized carbons (Fsp3) is 0.500. The highest BCUT2D eigenvalue weighted by atomic mass is 16.5. The van der Waals surface area contributed by atoms with Crippen LogP contribution in [0.2, 0.25) is 0 Å². The van der Waals surface area contributed by atoms with Crippen molar-refractivity contribution in [3.05, 3.63) is 66.2 Å². The van der Waals surface area contributed by atoms with Crippen molar-refractivity contribution >= 4 is 0 Å². The van der Waals surface area contributed by atoms with Crippen molar-refractivity contribution in [2.75, 3.05) is 13.1 Å². The molecular formula is C24H31NO. The van der Waals surface area contributed by atoms with Gasteiger partial charge in [0.15, 0.2) is 0 Å². The maximum atomic E-state index is 6.25. The second-order valence-corrected chi connectivity index (χ2v) is 8.04. The van der Waals surface area contributed by atoms with Crippen molar-refractivity contribution in [3.63, 3.8) is 0 Å². The number of para-hydroxylation sites is 1. The minimum atomic E-state index is 0.387. The van der Waals surface area contributed by atoms with Crippen LogP contribution in [0.4, 0.5) is 0 Å². The molecule has 2 nitrogen and oxygen atoms in total. The van der Waals surface area contributed by atoms with Crippen LogP contribution in [-0.2, 0) is 6.42 Å². The zero-order valence-corrected chi connectivity index (χ0v) is 15.7. The van der Waals surface area contributed by atoms with E-state index in [9.17, 15) is 0 Å². The Bertz CT molecular complexity index is 648. The zero-order valence-electron chi connectivity index (χ0n) is 15.7. The Labute approximate surface area is 158 Å². The van der Waals surface area contributed by atoms with E-state index >= 15 is 0 Å². The van der Waals surface area contributed by atoms with Crippen LogP contribution < -0.4 is 4.74 Å². The number of piperidine rings is 1. The molecule has 1 heterocycles. The molecule has 0 spiro atoms. The number of likely N-dealkylation sites (tertiary alicyclic amines) is 1. The van der Waals surface area contributed by atoms with E-state index in [1.54, 1.807) is 0 Å². The van der Waals surface area contributed by atoms with Gasteiger partial charge in [-0.2, -0.15) is 0 Å². The Morgan fingerprint density at radius 3 is 2.23 bits per heavy atom. The van der Waals surface area contributed by atoms with E-state index in [1.807, 2.05) is 0 Å². The first-order valence-electron chi connectivity index (χ1n) is 10.4. The van der Waals surface area contributed by atoms with Crippen molar-refractivity contribution in [2.45, 2.75) is 57.1 Å². The fourth-order valence-electron chi connectivity index (χ4n) is 4.72. The minimum absolute atomic E-state index is 0.387. The molecule has 0 amide bonds. The monoisotopic (exact) mass is 349 g/mol. The average molecular weight is 350 g/mol. The summed E-state index contributed by atoms with van der Waals surface area (Å²) in [5, 5.41) is 0. The largest absolute Gasteiger partial charge is 0.490 e. The molecule has 2 unspecified atom stereocenters. The molecule has 1 saturated heterocycles. The summed E-state index contributed by atoms with van der Waals surface area (Å²) >= 11 is 0. The smallest absolute Gasteiger partial charge is 0.119 e. The molecule has 138 valence electrons. The molecular weight excluding hydrogens is 318 g/mol. The topological polar surface area (TPSA) is 12.5 Å². The van der Waals surface area contributed by atoms with Gasteiger partial charge in [0.05, 0.1) is 0 Å². The highest BCUT2D eigenvalue weighted by molar-refractivity contribution is 5.21. The molecule has 1 saturated carbocycles. The van der Waals surface area contributed by atoms with E-state index in [2.05, 4.69) is 65.6 Å². The molecule has 2 fully saturated rings. The number of benzene rings is 2. The predicted molar refractivity (Wildman–Crippen MR) is 108 cm³/mol. The number of ether oxygens (including phenoxy) is 1. The Balaban J connectivity index is 1.26. The highest BCUT2D eigenvalue weighted by Crippen LogP contribution is 2.30. The molecule has 0 N–H and O–H groups in total. The summed E-state index contributed by atoms with van der Waals surface area (Å²) in [4.78, 5) is 2.75. The lowest BCUT2D eigenvalue weighted by molar-refractivity contribution is 0.0555. The van der Waals surface area contributed by atoms with Gasteiger partial charge in [0.2, 0.25) is 0 Å². The first kappa shape index (κ1) is 17.6. The summed E-state index contributed by atoms with van der Waals surface area (Å²) < 4.78 is 6.25. The van der Waals surface area contributed by atoms with E-state index in [0.29, 0.717) is 6.10 Å². The quantitative estimate of drug-likeness (QED) is 0.723. The molecule has 2 atom stereocenters. The van der Waals surface area contributed by atoms with E-state index in [4.69, 9.17) is 4.74 Å². The van der Waals surface area contributed by atoms with Gasteiger partial charge in [-0.1, -0.05) is 48.5 Å². The summed E-state index contributed by atoms with van der Waals surface area (Å²) in [6.45, 7) is 2.53. The first-order valence-corrected chi connectivity index (χ1v) is 10.4. The first-order chi connectivity index (χ1) is 12.9. The SMILES string of the molecule is c1ccc(CC2CCN(C3CCCC(Oc4ccccc4)C3)CC2)cc1. The lowest BCUT2D eigenvalue weighted by Crippen LogP contribution is -2.45. The highest BCUT2D eigenvalue weighted by Gasteiger charge is 2.30. The number of rotatable bonds is 5. The van der Waals surface area contributed by atoms with Crippen molar-refractivity contribution in [3.8, 4) is 5.75 Å². The number of nitrogens with zero attached hydrogens (tertiary/aromatic N) is 1. The average Bonchev–Trinajstić information content (AvgIpc) is 2.70. The predicted octanol–water partition coefficient (Wildman–Crippen LogP) is 5.33. The second-order valence-electron chi connectivity index (χ2n) is 8.04. The van der Waals surface area contributed by atoms with Gasteiger partial charge < -0.3 is 9.64 Å². The van der Waals surface area contributed by atoms with Crippen LogP contribution in [0.5, 0.6) is 5.75 Å². The molecule has 0 aromatic heterocycles. The molecule has 1 aliphatic carbocycles.